The van der Waals surface area contributed by atoms with Crippen LogP contribution in [0.1, 0.15) is 22.3 Å². The van der Waals surface area contributed by atoms with Gasteiger partial charge in [-0.3, -0.25) is 0 Å². The lowest BCUT2D eigenvalue weighted by atomic mass is 9.67. The molecule has 0 heterocycles. The fourth-order valence-corrected chi connectivity index (χ4v) is 10.4. The van der Waals surface area contributed by atoms with Crippen LogP contribution in [0.4, 0.5) is 17.1 Å². The van der Waals surface area contributed by atoms with Crippen molar-refractivity contribution in [1.82, 2.24) is 0 Å². The smallest absolute Gasteiger partial charge is 0.0713 e. The number of fused-ring (bicyclic) bond motifs is 4. The predicted molar refractivity (Wildman–Crippen MR) is 278 cm³/mol. The van der Waals surface area contributed by atoms with Gasteiger partial charge in [-0.1, -0.05) is 212 Å². The average molecular weight is 840 g/mol. The van der Waals surface area contributed by atoms with Crippen molar-refractivity contribution >= 4 is 27.8 Å². The van der Waals surface area contributed by atoms with Crippen LogP contribution >= 0.6 is 0 Å². The van der Waals surface area contributed by atoms with Gasteiger partial charge < -0.3 is 4.90 Å². The van der Waals surface area contributed by atoms with Gasteiger partial charge in [-0.05, 0) is 149 Å². The first-order valence-electron chi connectivity index (χ1n) is 22.8. The number of hydrogen-bond donors (Lipinski definition) is 0. The van der Waals surface area contributed by atoms with E-state index >= 15 is 0 Å². The normalized spacial score (nSPS) is 12.4. The molecule has 0 amide bonds. The summed E-state index contributed by atoms with van der Waals surface area (Å²) in [6.07, 6.45) is 0. The van der Waals surface area contributed by atoms with Crippen LogP contribution in [-0.4, -0.2) is 0 Å². The molecule has 1 aliphatic carbocycles. The Morgan fingerprint density at radius 1 is 0.227 bits per heavy atom. The van der Waals surface area contributed by atoms with E-state index in [4.69, 9.17) is 0 Å². The van der Waals surface area contributed by atoms with E-state index in [0.717, 1.165) is 17.1 Å². The maximum absolute atomic E-state index is 2.44. The fourth-order valence-electron chi connectivity index (χ4n) is 10.4. The molecule has 0 atom stereocenters. The number of rotatable bonds is 9. The quantitative estimate of drug-likeness (QED) is 0.140. The molecule has 1 nitrogen and oxygen atoms in total. The van der Waals surface area contributed by atoms with Crippen molar-refractivity contribution in [2.24, 2.45) is 0 Å². The fraction of sp³-hybridized carbons (Fsp3) is 0.0154. The molecule has 0 saturated carbocycles. The van der Waals surface area contributed by atoms with Crippen LogP contribution in [0.3, 0.4) is 0 Å². The standard InChI is InChI=1S/C65H45N/c1-4-22-56(23-5-1)65(57-24-6-2-7-25-57)63-29-13-12-28-61(63)62-41-36-55(45-64(62)65)48-34-39-60(40-35-48)66(58-26-8-3-9-27-58)59-37-32-47(33-38-59)50-18-14-19-51(42-50)52-20-15-21-53(44-52)54-31-30-46-16-10-11-17-49(46)43-54/h1-45H. The van der Waals surface area contributed by atoms with Gasteiger partial charge in [-0.2, -0.15) is 0 Å². The molecule has 11 aromatic rings. The zero-order valence-electron chi connectivity index (χ0n) is 36.4. The highest BCUT2D eigenvalue weighted by Crippen LogP contribution is 2.56. The van der Waals surface area contributed by atoms with Crippen molar-refractivity contribution in [1.29, 1.82) is 0 Å². The van der Waals surface area contributed by atoms with E-state index in [1.165, 1.54) is 88.7 Å². The minimum absolute atomic E-state index is 0.439. The van der Waals surface area contributed by atoms with Crippen molar-refractivity contribution in [3.63, 3.8) is 0 Å². The third-order valence-corrected chi connectivity index (χ3v) is 13.5. The second-order valence-electron chi connectivity index (χ2n) is 17.3. The first-order valence-corrected chi connectivity index (χ1v) is 22.8. The number of benzene rings is 11. The van der Waals surface area contributed by atoms with Crippen molar-refractivity contribution < 1.29 is 0 Å². The van der Waals surface area contributed by atoms with E-state index in [2.05, 4.69) is 278 Å². The van der Waals surface area contributed by atoms with Crippen LogP contribution < -0.4 is 4.90 Å². The molecule has 0 bridgehead atoms. The van der Waals surface area contributed by atoms with Crippen molar-refractivity contribution in [2.45, 2.75) is 5.41 Å². The van der Waals surface area contributed by atoms with Gasteiger partial charge in [0.25, 0.3) is 0 Å². The van der Waals surface area contributed by atoms with Gasteiger partial charge >= 0.3 is 0 Å². The highest BCUT2D eigenvalue weighted by atomic mass is 15.1. The summed E-state index contributed by atoms with van der Waals surface area (Å²) >= 11 is 0. The number of hydrogen-bond acceptors (Lipinski definition) is 1. The molecule has 66 heavy (non-hydrogen) atoms. The summed E-state index contributed by atoms with van der Waals surface area (Å²) in [6.45, 7) is 0. The Balaban J connectivity index is 0.868. The molecule has 0 radical (unpaired) electrons. The molecular weight excluding hydrogens is 795 g/mol. The maximum atomic E-state index is 2.44. The van der Waals surface area contributed by atoms with Gasteiger partial charge in [0.05, 0.1) is 5.41 Å². The Morgan fingerprint density at radius 2 is 0.636 bits per heavy atom. The largest absolute Gasteiger partial charge is 0.311 e. The lowest BCUT2D eigenvalue weighted by molar-refractivity contribution is 0.769. The molecule has 0 aromatic heterocycles. The first kappa shape index (κ1) is 39.1. The zero-order chi connectivity index (χ0) is 43.9. The second kappa shape index (κ2) is 16.6. The number of anilines is 3. The lowest BCUT2D eigenvalue weighted by Gasteiger charge is -2.34. The van der Waals surface area contributed by atoms with Crippen molar-refractivity contribution in [3.05, 3.63) is 295 Å². The van der Waals surface area contributed by atoms with E-state index < -0.39 is 5.41 Å². The Hall–Kier alpha value is -8.52. The molecule has 0 saturated heterocycles. The monoisotopic (exact) mass is 839 g/mol. The molecule has 0 N–H and O–H groups in total. The van der Waals surface area contributed by atoms with E-state index in [1.54, 1.807) is 0 Å². The van der Waals surface area contributed by atoms with Crippen LogP contribution in [-0.2, 0) is 5.41 Å². The molecule has 0 spiro atoms. The van der Waals surface area contributed by atoms with Crippen LogP contribution in [0.2, 0.25) is 0 Å². The molecule has 1 heteroatoms. The van der Waals surface area contributed by atoms with E-state index in [1.807, 2.05) is 0 Å². The predicted octanol–water partition coefficient (Wildman–Crippen LogP) is 17.3. The summed E-state index contributed by atoms with van der Waals surface area (Å²) in [5, 5.41) is 2.51. The molecular formula is C65H45N. The van der Waals surface area contributed by atoms with Crippen LogP contribution in [0.15, 0.2) is 273 Å². The lowest BCUT2D eigenvalue weighted by Crippen LogP contribution is -2.28. The van der Waals surface area contributed by atoms with Crippen molar-refractivity contribution in [3.8, 4) is 55.6 Å². The minimum atomic E-state index is -0.439. The molecule has 1 aliphatic rings. The maximum Gasteiger partial charge on any atom is 0.0713 e. The van der Waals surface area contributed by atoms with Gasteiger partial charge in [0.1, 0.15) is 0 Å². The van der Waals surface area contributed by atoms with Gasteiger partial charge in [-0.15, -0.1) is 0 Å². The molecule has 0 fully saturated rings. The summed E-state index contributed by atoms with van der Waals surface area (Å²) in [4.78, 5) is 2.34. The summed E-state index contributed by atoms with van der Waals surface area (Å²) in [6, 6.07) is 99.8. The van der Waals surface area contributed by atoms with Gasteiger partial charge in [0.15, 0.2) is 0 Å². The van der Waals surface area contributed by atoms with E-state index in [0.29, 0.717) is 0 Å². The van der Waals surface area contributed by atoms with Crippen LogP contribution in [0.5, 0.6) is 0 Å². The Bertz CT molecular complexity index is 3460. The Morgan fingerprint density at radius 3 is 1.23 bits per heavy atom. The highest BCUT2D eigenvalue weighted by Gasteiger charge is 2.46. The summed E-state index contributed by atoms with van der Waals surface area (Å²) < 4.78 is 0. The molecule has 12 rings (SSSR count). The van der Waals surface area contributed by atoms with E-state index in [-0.39, 0.29) is 0 Å². The van der Waals surface area contributed by atoms with Crippen LogP contribution in [0, 0.1) is 0 Å². The molecule has 0 unspecified atom stereocenters. The van der Waals surface area contributed by atoms with Gasteiger partial charge in [0, 0.05) is 17.1 Å². The summed E-state index contributed by atoms with van der Waals surface area (Å²) in [7, 11) is 0. The van der Waals surface area contributed by atoms with E-state index in [9.17, 15) is 0 Å². The summed E-state index contributed by atoms with van der Waals surface area (Å²) in [5.74, 6) is 0. The highest BCUT2D eigenvalue weighted by molar-refractivity contribution is 5.90. The van der Waals surface area contributed by atoms with Crippen LogP contribution in [0.25, 0.3) is 66.4 Å². The topological polar surface area (TPSA) is 3.24 Å². The van der Waals surface area contributed by atoms with Gasteiger partial charge in [0.2, 0.25) is 0 Å². The second-order valence-corrected chi connectivity index (χ2v) is 17.3. The molecule has 310 valence electrons. The average Bonchev–Trinajstić information content (AvgIpc) is 3.70. The minimum Gasteiger partial charge on any atom is -0.311 e. The first-order chi connectivity index (χ1) is 32.7. The number of nitrogens with zero attached hydrogens (tertiary/aromatic N) is 1. The third-order valence-electron chi connectivity index (χ3n) is 13.5. The molecule has 0 aliphatic heterocycles. The molecule has 11 aromatic carbocycles. The Labute approximate surface area is 387 Å². The van der Waals surface area contributed by atoms with Crippen molar-refractivity contribution in [2.75, 3.05) is 4.90 Å². The SMILES string of the molecule is c1ccc(N(c2ccc(-c3cccc(-c4cccc(-c5ccc6ccccc6c5)c4)c3)cc2)c2ccc(-c3ccc4c(c3)C(c3ccccc3)(c3ccccc3)c3ccccc3-4)cc2)cc1. The van der Waals surface area contributed by atoms with Gasteiger partial charge in [-0.25, -0.2) is 0 Å². The third kappa shape index (κ3) is 6.81. The zero-order valence-corrected chi connectivity index (χ0v) is 36.4. The summed E-state index contributed by atoms with van der Waals surface area (Å²) in [5.41, 5.74) is 20.2. The Kier molecular flexibility index (Phi) is 9.81. The number of para-hydroxylation sites is 1.